The fourth-order valence-electron chi connectivity index (χ4n) is 4.03. The van der Waals surface area contributed by atoms with Crippen LogP contribution in [0.25, 0.3) is 43.4 Å². The zero-order valence-electron chi connectivity index (χ0n) is 14.2. The summed E-state index contributed by atoms with van der Waals surface area (Å²) < 4.78 is 0. The molecule has 0 heterocycles. The molecular formula is C25H18. The van der Waals surface area contributed by atoms with Crippen molar-refractivity contribution in [2.45, 2.75) is 6.92 Å². The lowest BCUT2D eigenvalue weighted by atomic mass is 9.90. The summed E-state index contributed by atoms with van der Waals surface area (Å²) in [6, 6.07) is 32.9. The number of hydrogen-bond acceptors (Lipinski definition) is 0. The lowest BCUT2D eigenvalue weighted by Crippen LogP contribution is -1.89. The third-order valence-electron chi connectivity index (χ3n) is 5.25. The van der Waals surface area contributed by atoms with Gasteiger partial charge in [-0.15, -0.1) is 0 Å². The summed E-state index contributed by atoms with van der Waals surface area (Å²) in [5.74, 6) is 0. The number of rotatable bonds is 1. The second kappa shape index (κ2) is 5.46. The van der Waals surface area contributed by atoms with Gasteiger partial charge in [0.15, 0.2) is 0 Å². The van der Waals surface area contributed by atoms with E-state index in [-0.39, 0.29) is 0 Å². The average Bonchev–Trinajstić information content (AvgIpc) is 2.68. The molecule has 0 N–H and O–H groups in total. The van der Waals surface area contributed by atoms with Crippen LogP contribution in [0.2, 0.25) is 0 Å². The highest BCUT2D eigenvalue weighted by molar-refractivity contribution is 6.12. The van der Waals surface area contributed by atoms with Crippen molar-refractivity contribution in [2.75, 3.05) is 0 Å². The van der Waals surface area contributed by atoms with Gasteiger partial charge in [0.25, 0.3) is 0 Å². The van der Waals surface area contributed by atoms with Crippen molar-refractivity contribution in [1.82, 2.24) is 0 Å². The molecule has 0 saturated heterocycles. The van der Waals surface area contributed by atoms with Gasteiger partial charge in [-0.2, -0.15) is 0 Å². The maximum absolute atomic E-state index is 2.27. The topological polar surface area (TPSA) is 0 Å². The Hall–Kier alpha value is -3.12. The molecule has 118 valence electrons. The first-order chi connectivity index (χ1) is 12.3. The molecule has 0 bridgehead atoms. The van der Waals surface area contributed by atoms with E-state index in [0.717, 1.165) is 0 Å². The fraction of sp³-hybridized carbons (Fsp3) is 0.0400. The fourth-order valence-corrected chi connectivity index (χ4v) is 4.03. The highest BCUT2D eigenvalue weighted by Crippen LogP contribution is 2.36. The van der Waals surface area contributed by atoms with Gasteiger partial charge >= 0.3 is 0 Å². The molecule has 0 atom stereocenters. The molecule has 0 nitrogen and oxygen atoms in total. The Morgan fingerprint density at radius 2 is 1.04 bits per heavy atom. The summed E-state index contributed by atoms with van der Waals surface area (Å²) in [5, 5.41) is 7.90. The summed E-state index contributed by atoms with van der Waals surface area (Å²) in [4.78, 5) is 0. The van der Waals surface area contributed by atoms with Crippen LogP contribution in [0.15, 0.2) is 91.0 Å². The monoisotopic (exact) mass is 318 g/mol. The summed E-state index contributed by atoms with van der Waals surface area (Å²) in [6.07, 6.45) is 0. The van der Waals surface area contributed by atoms with Crippen molar-refractivity contribution in [3.05, 3.63) is 96.6 Å². The number of benzene rings is 5. The van der Waals surface area contributed by atoms with Gasteiger partial charge in [-0.25, -0.2) is 0 Å². The first-order valence-corrected chi connectivity index (χ1v) is 8.72. The van der Waals surface area contributed by atoms with E-state index in [0.29, 0.717) is 0 Å². The lowest BCUT2D eigenvalue weighted by Gasteiger charge is -2.14. The van der Waals surface area contributed by atoms with E-state index in [2.05, 4.69) is 97.9 Å². The minimum Gasteiger partial charge on any atom is -0.0616 e. The van der Waals surface area contributed by atoms with E-state index in [9.17, 15) is 0 Å². The molecule has 0 aliphatic rings. The van der Waals surface area contributed by atoms with Gasteiger partial charge in [-0.3, -0.25) is 0 Å². The molecule has 0 aliphatic carbocycles. The van der Waals surface area contributed by atoms with Gasteiger partial charge < -0.3 is 0 Å². The van der Waals surface area contributed by atoms with Gasteiger partial charge in [-0.05, 0) is 55.9 Å². The Morgan fingerprint density at radius 1 is 0.440 bits per heavy atom. The van der Waals surface area contributed by atoms with Crippen LogP contribution < -0.4 is 0 Å². The quantitative estimate of drug-likeness (QED) is 0.289. The van der Waals surface area contributed by atoms with Gasteiger partial charge in [0.2, 0.25) is 0 Å². The van der Waals surface area contributed by atoms with Crippen molar-refractivity contribution in [3.63, 3.8) is 0 Å². The molecular weight excluding hydrogens is 300 g/mol. The Balaban J connectivity index is 1.91. The molecule has 0 fully saturated rings. The number of hydrogen-bond donors (Lipinski definition) is 0. The first kappa shape index (κ1) is 14.2. The van der Waals surface area contributed by atoms with E-state index < -0.39 is 0 Å². The van der Waals surface area contributed by atoms with Gasteiger partial charge in [0.1, 0.15) is 0 Å². The second-order valence-electron chi connectivity index (χ2n) is 6.65. The van der Waals surface area contributed by atoms with Crippen molar-refractivity contribution in [1.29, 1.82) is 0 Å². The van der Waals surface area contributed by atoms with Gasteiger partial charge in [0.05, 0.1) is 0 Å². The van der Waals surface area contributed by atoms with Crippen LogP contribution in [-0.2, 0) is 0 Å². The number of fused-ring (bicyclic) bond motifs is 4. The molecule has 0 spiro atoms. The molecule has 0 aromatic heterocycles. The van der Waals surface area contributed by atoms with Gasteiger partial charge in [-0.1, -0.05) is 91.0 Å². The average molecular weight is 318 g/mol. The first-order valence-electron chi connectivity index (χ1n) is 8.72. The summed E-state index contributed by atoms with van der Waals surface area (Å²) in [6.45, 7) is 2.26. The van der Waals surface area contributed by atoms with Crippen molar-refractivity contribution in [2.24, 2.45) is 0 Å². The molecule has 0 radical (unpaired) electrons. The molecule has 0 unspecified atom stereocenters. The Bertz CT molecular complexity index is 1240. The van der Waals surface area contributed by atoms with E-state index >= 15 is 0 Å². The molecule has 5 aromatic rings. The lowest BCUT2D eigenvalue weighted by molar-refractivity contribution is 1.53. The maximum Gasteiger partial charge on any atom is -0.00699 e. The van der Waals surface area contributed by atoms with Gasteiger partial charge in [0, 0.05) is 0 Å². The summed E-state index contributed by atoms with van der Waals surface area (Å²) >= 11 is 0. The standard InChI is InChI=1S/C25H18/c1-17-21(24-12-6-9-18-7-2-4-10-22(18)24)16-15-20-14-13-19-8-3-5-11-23(19)25(17)20/h2-16H,1H3. The summed E-state index contributed by atoms with van der Waals surface area (Å²) in [5.41, 5.74) is 3.98. The third kappa shape index (κ3) is 2.15. The molecule has 5 rings (SSSR count). The molecule has 25 heavy (non-hydrogen) atoms. The minimum absolute atomic E-state index is 1.29. The van der Waals surface area contributed by atoms with Crippen LogP contribution in [-0.4, -0.2) is 0 Å². The van der Waals surface area contributed by atoms with Crippen LogP contribution in [0.4, 0.5) is 0 Å². The summed E-state index contributed by atoms with van der Waals surface area (Å²) in [7, 11) is 0. The molecule has 5 aromatic carbocycles. The smallest absolute Gasteiger partial charge is 0.00699 e. The Labute approximate surface area is 147 Å². The van der Waals surface area contributed by atoms with Crippen molar-refractivity contribution >= 4 is 32.3 Å². The zero-order chi connectivity index (χ0) is 16.8. The maximum atomic E-state index is 2.27. The highest BCUT2D eigenvalue weighted by atomic mass is 14.1. The highest BCUT2D eigenvalue weighted by Gasteiger charge is 2.11. The molecule has 0 saturated carbocycles. The van der Waals surface area contributed by atoms with E-state index in [1.165, 1.54) is 49.0 Å². The number of aryl methyl sites for hydroxylation is 1. The Morgan fingerprint density at radius 3 is 1.88 bits per heavy atom. The minimum atomic E-state index is 1.29. The van der Waals surface area contributed by atoms with Crippen molar-refractivity contribution < 1.29 is 0 Å². The Kier molecular flexibility index (Phi) is 3.11. The van der Waals surface area contributed by atoms with Crippen LogP contribution in [0.5, 0.6) is 0 Å². The SMILES string of the molecule is Cc1c(-c2cccc3ccccc23)ccc2ccc3ccccc3c12. The molecule has 0 aliphatic heterocycles. The normalized spacial score (nSPS) is 11.4. The molecule has 0 heteroatoms. The van der Waals surface area contributed by atoms with E-state index in [1.807, 2.05) is 0 Å². The third-order valence-corrected chi connectivity index (χ3v) is 5.25. The van der Waals surface area contributed by atoms with Crippen LogP contribution in [0.1, 0.15) is 5.56 Å². The van der Waals surface area contributed by atoms with Crippen LogP contribution in [0, 0.1) is 6.92 Å². The van der Waals surface area contributed by atoms with Crippen molar-refractivity contribution in [3.8, 4) is 11.1 Å². The predicted molar refractivity (Wildman–Crippen MR) is 109 cm³/mol. The van der Waals surface area contributed by atoms with E-state index in [1.54, 1.807) is 0 Å². The van der Waals surface area contributed by atoms with Crippen LogP contribution >= 0.6 is 0 Å². The van der Waals surface area contributed by atoms with Crippen LogP contribution in [0.3, 0.4) is 0 Å². The predicted octanol–water partition coefficient (Wildman–Crippen LogP) is 7.12. The molecule has 0 amide bonds. The second-order valence-corrected chi connectivity index (χ2v) is 6.65. The largest absolute Gasteiger partial charge is 0.0616 e. The van der Waals surface area contributed by atoms with E-state index in [4.69, 9.17) is 0 Å². The zero-order valence-corrected chi connectivity index (χ0v) is 14.2.